The number of Topliss-reactive ketones (excluding diaryl/α,β-unsaturated/α-hetero) is 1. The van der Waals surface area contributed by atoms with Crippen molar-refractivity contribution in [2.45, 2.75) is 76.2 Å². The maximum Gasteiger partial charge on any atom is 0.186 e. The first-order valence-corrected chi connectivity index (χ1v) is 10.6. The van der Waals surface area contributed by atoms with Crippen LogP contribution in [0.15, 0.2) is 24.3 Å². The third-order valence-corrected chi connectivity index (χ3v) is 5.20. The number of aliphatic hydroxyl groups is 4. The monoisotopic (exact) mass is 426 g/mol. The summed E-state index contributed by atoms with van der Waals surface area (Å²) in [7, 11) is 0. The van der Waals surface area contributed by atoms with E-state index in [0.717, 1.165) is 44.3 Å². The first kappa shape index (κ1) is 24.7. The summed E-state index contributed by atoms with van der Waals surface area (Å²) in [5, 5.41) is 38.5. The van der Waals surface area contributed by atoms with Crippen molar-refractivity contribution in [2.24, 2.45) is 0 Å². The molecule has 0 saturated carbocycles. The molecule has 1 aliphatic rings. The summed E-state index contributed by atoms with van der Waals surface area (Å²) in [5.74, 6) is 0.811. The Morgan fingerprint density at radius 1 is 0.900 bits per heavy atom. The number of ether oxygens (including phenoxy) is 3. The summed E-state index contributed by atoms with van der Waals surface area (Å²) in [6, 6.07) is 7.16. The van der Waals surface area contributed by atoms with Gasteiger partial charge in [-0.2, -0.15) is 0 Å². The average Bonchev–Trinajstić information content (AvgIpc) is 2.75. The van der Waals surface area contributed by atoms with Crippen molar-refractivity contribution >= 4 is 5.78 Å². The van der Waals surface area contributed by atoms with Crippen LogP contribution < -0.4 is 4.74 Å². The molecule has 0 aliphatic carbocycles. The highest BCUT2D eigenvalue weighted by Gasteiger charge is 2.43. The van der Waals surface area contributed by atoms with Crippen molar-refractivity contribution in [1.29, 1.82) is 0 Å². The molecular formula is C22H34O8. The van der Waals surface area contributed by atoms with Gasteiger partial charge in [0, 0.05) is 12.2 Å². The van der Waals surface area contributed by atoms with Crippen LogP contribution in [0.1, 0.15) is 55.8 Å². The van der Waals surface area contributed by atoms with Gasteiger partial charge >= 0.3 is 0 Å². The topological polar surface area (TPSA) is 126 Å². The highest BCUT2D eigenvalue weighted by Crippen LogP contribution is 2.22. The molecule has 8 nitrogen and oxygen atoms in total. The molecule has 30 heavy (non-hydrogen) atoms. The van der Waals surface area contributed by atoms with Gasteiger partial charge in [0.15, 0.2) is 12.1 Å². The van der Waals surface area contributed by atoms with E-state index in [1.165, 1.54) is 6.92 Å². The van der Waals surface area contributed by atoms with Crippen molar-refractivity contribution in [2.75, 3.05) is 19.8 Å². The lowest BCUT2D eigenvalue weighted by Crippen LogP contribution is -2.59. The summed E-state index contributed by atoms with van der Waals surface area (Å²) < 4.78 is 16.4. The number of carbonyl (C=O) groups excluding carboxylic acids is 1. The Morgan fingerprint density at radius 2 is 1.50 bits per heavy atom. The number of benzene rings is 1. The Morgan fingerprint density at radius 3 is 2.10 bits per heavy atom. The molecule has 0 spiro atoms. The van der Waals surface area contributed by atoms with Crippen LogP contribution in [-0.4, -0.2) is 76.7 Å². The fourth-order valence-corrected chi connectivity index (χ4v) is 3.29. The second kappa shape index (κ2) is 13.0. The molecule has 1 saturated heterocycles. The zero-order chi connectivity index (χ0) is 21.9. The molecule has 170 valence electrons. The van der Waals surface area contributed by atoms with Crippen molar-refractivity contribution in [3.8, 4) is 5.75 Å². The lowest BCUT2D eigenvalue weighted by atomic mass is 9.99. The lowest BCUT2D eigenvalue weighted by molar-refractivity contribution is -0.301. The molecule has 0 radical (unpaired) electrons. The standard InChI is InChI=1S/C22H34O8/c1-15(24)16-8-10-17(11-9-16)28-12-6-4-2-3-5-7-13-29-22-21(27)20(26)19(25)18(14-23)30-22/h8-11,18-23,25-27H,2-7,12-14H2,1H3/t18-,19-,20+,21-,22-/m1/s1. The summed E-state index contributed by atoms with van der Waals surface area (Å²) >= 11 is 0. The normalized spacial score (nSPS) is 26.5. The predicted octanol–water partition coefficient (Wildman–Crippen LogP) is 1.43. The van der Waals surface area contributed by atoms with Gasteiger partial charge in [-0.15, -0.1) is 0 Å². The van der Waals surface area contributed by atoms with Gasteiger partial charge in [-0.25, -0.2) is 0 Å². The number of carbonyl (C=O) groups is 1. The van der Waals surface area contributed by atoms with Crippen LogP contribution >= 0.6 is 0 Å². The van der Waals surface area contributed by atoms with Crippen molar-refractivity contribution in [1.82, 2.24) is 0 Å². The number of ketones is 1. The quantitative estimate of drug-likeness (QED) is 0.276. The van der Waals surface area contributed by atoms with Gasteiger partial charge in [-0.05, 0) is 44.0 Å². The fraction of sp³-hybridized carbons (Fsp3) is 0.682. The van der Waals surface area contributed by atoms with E-state index in [2.05, 4.69) is 0 Å². The zero-order valence-corrected chi connectivity index (χ0v) is 17.5. The summed E-state index contributed by atoms with van der Waals surface area (Å²) in [6.07, 6.45) is -0.235. The number of hydrogen-bond donors (Lipinski definition) is 4. The van der Waals surface area contributed by atoms with Crippen LogP contribution in [0.3, 0.4) is 0 Å². The van der Waals surface area contributed by atoms with Gasteiger partial charge in [0.25, 0.3) is 0 Å². The molecule has 1 aromatic carbocycles. The molecule has 0 unspecified atom stereocenters. The van der Waals surface area contributed by atoms with Crippen LogP contribution in [0.4, 0.5) is 0 Å². The molecule has 1 heterocycles. The molecule has 5 atom stereocenters. The number of hydrogen-bond acceptors (Lipinski definition) is 8. The summed E-state index contributed by atoms with van der Waals surface area (Å²) in [4.78, 5) is 11.2. The van der Waals surface area contributed by atoms with Crippen LogP contribution in [0.5, 0.6) is 5.75 Å². The Hall–Kier alpha value is -1.55. The Balaban J connectivity index is 1.48. The van der Waals surface area contributed by atoms with E-state index < -0.39 is 37.3 Å². The van der Waals surface area contributed by atoms with Gasteiger partial charge in [0.2, 0.25) is 0 Å². The van der Waals surface area contributed by atoms with Crippen LogP contribution in [0, 0.1) is 0 Å². The summed E-state index contributed by atoms with van der Waals surface area (Å²) in [6.45, 7) is 2.08. The second-order valence-corrected chi connectivity index (χ2v) is 7.62. The fourth-order valence-electron chi connectivity index (χ4n) is 3.29. The van der Waals surface area contributed by atoms with Gasteiger partial charge in [0.05, 0.1) is 13.2 Å². The highest BCUT2D eigenvalue weighted by molar-refractivity contribution is 5.94. The minimum atomic E-state index is -1.41. The first-order valence-electron chi connectivity index (χ1n) is 10.6. The van der Waals surface area contributed by atoms with Crippen molar-refractivity contribution in [3.63, 3.8) is 0 Å². The van der Waals surface area contributed by atoms with E-state index in [9.17, 15) is 20.1 Å². The maximum absolute atomic E-state index is 11.2. The van der Waals surface area contributed by atoms with E-state index in [4.69, 9.17) is 19.3 Å². The Bertz CT molecular complexity index is 618. The summed E-state index contributed by atoms with van der Waals surface area (Å²) in [5.41, 5.74) is 0.679. The first-order chi connectivity index (χ1) is 14.4. The SMILES string of the molecule is CC(=O)c1ccc(OCCCCCCCCO[C@@H]2O[C@H](CO)[C@@H](O)[C@H](O)[C@H]2O)cc1. The second-order valence-electron chi connectivity index (χ2n) is 7.62. The minimum Gasteiger partial charge on any atom is -0.494 e. The Kier molecular flexibility index (Phi) is 10.7. The molecule has 1 aromatic rings. The lowest BCUT2D eigenvalue weighted by Gasteiger charge is -2.39. The van der Waals surface area contributed by atoms with Gasteiger partial charge < -0.3 is 34.6 Å². The molecule has 1 aliphatic heterocycles. The van der Waals surface area contributed by atoms with Crippen LogP contribution in [0.25, 0.3) is 0 Å². The molecule has 4 N–H and O–H groups in total. The van der Waals surface area contributed by atoms with Crippen molar-refractivity contribution < 1.29 is 39.4 Å². The van der Waals surface area contributed by atoms with Gasteiger partial charge in [-0.3, -0.25) is 4.79 Å². The smallest absolute Gasteiger partial charge is 0.186 e. The van der Waals surface area contributed by atoms with E-state index in [1.54, 1.807) is 12.1 Å². The van der Waals surface area contributed by atoms with E-state index >= 15 is 0 Å². The Labute approximate surface area is 177 Å². The molecule has 0 bridgehead atoms. The highest BCUT2D eigenvalue weighted by atomic mass is 16.7. The van der Waals surface area contributed by atoms with E-state index in [0.29, 0.717) is 18.8 Å². The van der Waals surface area contributed by atoms with Gasteiger partial charge in [-0.1, -0.05) is 25.7 Å². The van der Waals surface area contributed by atoms with E-state index in [-0.39, 0.29) is 5.78 Å². The molecular weight excluding hydrogens is 392 g/mol. The molecule has 2 rings (SSSR count). The number of aliphatic hydroxyl groups excluding tert-OH is 4. The van der Waals surface area contributed by atoms with Crippen LogP contribution in [0.2, 0.25) is 0 Å². The maximum atomic E-state index is 11.2. The third kappa shape index (κ3) is 7.61. The average molecular weight is 427 g/mol. The predicted molar refractivity (Wildman–Crippen MR) is 109 cm³/mol. The number of rotatable bonds is 13. The van der Waals surface area contributed by atoms with Crippen LogP contribution in [-0.2, 0) is 9.47 Å². The molecule has 0 amide bonds. The number of unbranched alkanes of at least 4 members (excludes halogenated alkanes) is 5. The third-order valence-electron chi connectivity index (χ3n) is 5.20. The molecule has 0 aromatic heterocycles. The largest absolute Gasteiger partial charge is 0.494 e. The van der Waals surface area contributed by atoms with Gasteiger partial charge in [0.1, 0.15) is 30.2 Å². The molecule has 1 fully saturated rings. The van der Waals surface area contributed by atoms with E-state index in [1.807, 2.05) is 12.1 Å². The minimum absolute atomic E-state index is 0.0418. The zero-order valence-electron chi connectivity index (χ0n) is 17.5. The molecule has 8 heteroatoms. The van der Waals surface area contributed by atoms with Crippen molar-refractivity contribution in [3.05, 3.63) is 29.8 Å².